The lowest BCUT2D eigenvalue weighted by atomic mass is 9.86. The van der Waals surface area contributed by atoms with Crippen LogP contribution in [0.4, 0.5) is 5.69 Å². The molecule has 4 rings (SSSR count). The van der Waals surface area contributed by atoms with E-state index in [-0.39, 0.29) is 17.0 Å². The van der Waals surface area contributed by atoms with Gasteiger partial charge in [-0.15, -0.1) is 0 Å². The van der Waals surface area contributed by atoms with E-state index in [1.165, 1.54) is 12.1 Å². The van der Waals surface area contributed by atoms with Crippen molar-refractivity contribution in [2.24, 2.45) is 0 Å². The number of aromatic nitrogens is 2. The van der Waals surface area contributed by atoms with Gasteiger partial charge in [0.1, 0.15) is 11.9 Å². The van der Waals surface area contributed by atoms with Crippen LogP contribution in [0, 0.1) is 10.1 Å². The number of H-pyrrole nitrogens is 1. The van der Waals surface area contributed by atoms with Crippen LogP contribution in [0.25, 0.3) is 11.0 Å². The lowest BCUT2D eigenvalue weighted by Gasteiger charge is -2.20. The van der Waals surface area contributed by atoms with Gasteiger partial charge in [0, 0.05) is 17.7 Å². The van der Waals surface area contributed by atoms with E-state index in [1.54, 1.807) is 6.07 Å². The van der Waals surface area contributed by atoms with E-state index in [0.717, 1.165) is 11.1 Å². The minimum absolute atomic E-state index is 0.00152. The third-order valence-corrected chi connectivity index (χ3v) is 5.39. The Labute approximate surface area is 185 Å². The summed E-state index contributed by atoms with van der Waals surface area (Å²) < 4.78 is 0. The molecule has 0 aliphatic carbocycles. The lowest BCUT2D eigenvalue weighted by molar-refractivity contribution is -0.384. The maximum Gasteiger partial charge on any atom is 0.271 e. The summed E-state index contributed by atoms with van der Waals surface area (Å²) in [6.07, 6.45) is 0. The fraction of sp³-hybridized carbons (Fsp3) is 0.200. The van der Waals surface area contributed by atoms with Gasteiger partial charge in [0.05, 0.1) is 16.0 Å². The van der Waals surface area contributed by atoms with Gasteiger partial charge in [-0.3, -0.25) is 14.9 Å². The van der Waals surface area contributed by atoms with Crippen molar-refractivity contribution in [1.82, 2.24) is 15.3 Å². The molecule has 0 spiro atoms. The molecule has 3 aromatic carbocycles. The van der Waals surface area contributed by atoms with E-state index < -0.39 is 11.0 Å². The van der Waals surface area contributed by atoms with Gasteiger partial charge in [0.25, 0.3) is 11.6 Å². The Hall–Kier alpha value is -4.00. The van der Waals surface area contributed by atoms with Crippen molar-refractivity contribution in [1.29, 1.82) is 0 Å². The smallest absolute Gasteiger partial charge is 0.271 e. The summed E-state index contributed by atoms with van der Waals surface area (Å²) in [5.74, 6) is 0.275. The van der Waals surface area contributed by atoms with Crippen molar-refractivity contribution in [2.45, 2.75) is 32.2 Å². The highest BCUT2D eigenvalue weighted by atomic mass is 16.6. The summed E-state index contributed by atoms with van der Waals surface area (Å²) in [5.41, 5.74) is 3.65. The number of hydrogen-bond donors (Lipinski definition) is 2. The second-order valence-electron chi connectivity index (χ2n) is 8.73. The number of amides is 1. The highest BCUT2D eigenvalue weighted by Crippen LogP contribution is 2.26. The molecular formula is C25H24N4O3. The first kappa shape index (κ1) is 21.2. The van der Waals surface area contributed by atoms with E-state index in [2.05, 4.69) is 36.1 Å². The molecule has 1 amide bonds. The van der Waals surface area contributed by atoms with Crippen LogP contribution in [0.15, 0.2) is 72.8 Å². The second-order valence-corrected chi connectivity index (χ2v) is 8.73. The van der Waals surface area contributed by atoms with Gasteiger partial charge in [-0.1, -0.05) is 63.2 Å². The van der Waals surface area contributed by atoms with Crippen LogP contribution in [0.1, 0.15) is 54.1 Å². The fourth-order valence-corrected chi connectivity index (χ4v) is 3.56. The first-order valence-corrected chi connectivity index (χ1v) is 10.3. The predicted molar refractivity (Wildman–Crippen MR) is 124 cm³/mol. The van der Waals surface area contributed by atoms with Crippen LogP contribution in [-0.4, -0.2) is 20.8 Å². The molecule has 7 heteroatoms. The summed E-state index contributed by atoms with van der Waals surface area (Å²) in [6, 6.07) is 21.0. The molecule has 1 atom stereocenters. The SMILES string of the molecule is CC(C)(C)c1ccc(C(=O)NC(c2ccccc2)c2nc3ccc([N+](=O)[O-])cc3[nH]2)cc1. The Kier molecular flexibility index (Phi) is 5.48. The summed E-state index contributed by atoms with van der Waals surface area (Å²) in [6.45, 7) is 6.37. The molecule has 0 bridgehead atoms. The molecule has 1 unspecified atom stereocenters. The molecule has 7 nitrogen and oxygen atoms in total. The molecule has 1 heterocycles. The van der Waals surface area contributed by atoms with Gasteiger partial charge >= 0.3 is 0 Å². The zero-order chi connectivity index (χ0) is 22.9. The number of carbonyl (C=O) groups excluding carboxylic acids is 1. The standard InChI is InChI=1S/C25H24N4O3/c1-25(2,3)18-11-9-17(10-12-18)24(30)28-22(16-7-5-4-6-8-16)23-26-20-14-13-19(29(31)32)15-21(20)27-23/h4-15,22H,1-3H3,(H,26,27)(H,28,30). The fourth-order valence-electron chi connectivity index (χ4n) is 3.56. The number of rotatable bonds is 5. The van der Waals surface area contributed by atoms with Crippen LogP contribution in [0.5, 0.6) is 0 Å². The van der Waals surface area contributed by atoms with Gasteiger partial charge in [0.15, 0.2) is 0 Å². The number of nitro groups is 1. The topological polar surface area (TPSA) is 101 Å². The quantitative estimate of drug-likeness (QED) is 0.333. The Balaban J connectivity index is 1.68. The molecule has 1 aromatic heterocycles. The van der Waals surface area contributed by atoms with Crippen molar-refractivity contribution < 1.29 is 9.72 Å². The van der Waals surface area contributed by atoms with Gasteiger partial charge < -0.3 is 10.3 Å². The highest BCUT2D eigenvalue weighted by Gasteiger charge is 2.22. The van der Waals surface area contributed by atoms with E-state index in [9.17, 15) is 14.9 Å². The number of nitrogens with zero attached hydrogens (tertiary/aromatic N) is 2. The van der Waals surface area contributed by atoms with E-state index in [4.69, 9.17) is 0 Å². The maximum atomic E-state index is 13.1. The normalized spacial score (nSPS) is 12.5. The summed E-state index contributed by atoms with van der Waals surface area (Å²) in [7, 11) is 0. The number of non-ortho nitro benzene ring substituents is 1. The first-order chi connectivity index (χ1) is 15.2. The van der Waals surface area contributed by atoms with Crippen LogP contribution in [0.3, 0.4) is 0 Å². The third-order valence-electron chi connectivity index (χ3n) is 5.39. The van der Waals surface area contributed by atoms with Crippen molar-refractivity contribution in [3.63, 3.8) is 0 Å². The minimum Gasteiger partial charge on any atom is -0.340 e. The predicted octanol–water partition coefficient (Wildman–Crippen LogP) is 5.29. The molecule has 162 valence electrons. The molecule has 0 saturated carbocycles. The van der Waals surface area contributed by atoms with Crippen LogP contribution in [-0.2, 0) is 5.41 Å². The number of benzene rings is 3. The summed E-state index contributed by atoms with van der Waals surface area (Å²) in [4.78, 5) is 31.5. The van der Waals surface area contributed by atoms with Gasteiger partial charge in [-0.2, -0.15) is 0 Å². The zero-order valence-electron chi connectivity index (χ0n) is 18.1. The molecule has 0 saturated heterocycles. The number of hydrogen-bond acceptors (Lipinski definition) is 4. The van der Waals surface area contributed by atoms with Crippen molar-refractivity contribution in [3.05, 3.63) is 105 Å². The molecule has 0 fully saturated rings. The van der Waals surface area contributed by atoms with E-state index >= 15 is 0 Å². The van der Waals surface area contributed by atoms with E-state index in [0.29, 0.717) is 22.4 Å². The second kappa shape index (κ2) is 8.26. The Morgan fingerprint density at radius 1 is 1.03 bits per heavy atom. The molecule has 0 aliphatic heterocycles. The molecule has 32 heavy (non-hydrogen) atoms. The molecule has 4 aromatic rings. The Bertz CT molecular complexity index is 1270. The Morgan fingerprint density at radius 2 is 1.72 bits per heavy atom. The van der Waals surface area contributed by atoms with Crippen LogP contribution >= 0.6 is 0 Å². The van der Waals surface area contributed by atoms with Crippen molar-refractivity contribution in [2.75, 3.05) is 0 Å². The summed E-state index contributed by atoms with van der Waals surface area (Å²) >= 11 is 0. The number of fused-ring (bicyclic) bond motifs is 1. The monoisotopic (exact) mass is 428 g/mol. The molecular weight excluding hydrogens is 404 g/mol. The van der Waals surface area contributed by atoms with Crippen LogP contribution in [0.2, 0.25) is 0 Å². The van der Waals surface area contributed by atoms with Crippen LogP contribution < -0.4 is 5.32 Å². The summed E-state index contributed by atoms with van der Waals surface area (Å²) in [5, 5.41) is 14.2. The molecule has 2 N–H and O–H groups in total. The number of aromatic amines is 1. The zero-order valence-corrected chi connectivity index (χ0v) is 18.1. The number of imidazole rings is 1. The Morgan fingerprint density at radius 3 is 2.34 bits per heavy atom. The van der Waals surface area contributed by atoms with Gasteiger partial charge in [-0.25, -0.2) is 4.98 Å². The first-order valence-electron chi connectivity index (χ1n) is 10.3. The third kappa shape index (κ3) is 4.37. The van der Waals surface area contributed by atoms with Crippen molar-refractivity contribution in [3.8, 4) is 0 Å². The largest absolute Gasteiger partial charge is 0.340 e. The number of nitro benzene ring substituents is 1. The molecule has 0 aliphatic rings. The average Bonchev–Trinajstić information content (AvgIpc) is 3.20. The average molecular weight is 428 g/mol. The minimum atomic E-state index is -0.544. The van der Waals surface area contributed by atoms with Gasteiger partial charge in [-0.05, 0) is 34.7 Å². The molecule has 0 radical (unpaired) electrons. The number of nitrogens with one attached hydrogen (secondary N) is 2. The van der Waals surface area contributed by atoms with Gasteiger partial charge in [0.2, 0.25) is 0 Å². The van der Waals surface area contributed by atoms with Crippen molar-refractivity contribution >= 4 is 22.6 Å². The highest BCUT2D eigenvalue weighted by molar-refractivity contribution is 5.94. The number of carbonyl (C=O) groups is 1. The lowest BCUT2D eigenvalue weighted by Crippen LogP contribution is -2.30. The maximum absolute atomic E-state index is 13.1. The van der Waals surface area contributed by atoms with E-state index in [1.807, 2.05) is 54.6 Å².